The summed E-state index contributed by atoms with van der Waals surface area (Å²) in [7, 11) is 0. The third kappa shape index (κ3) is 5.31. The molecule has 0 saturated carbocycles. The second-order valence-corrected chi connectivity index (χ2v) is 5.53. The Balaban J connectivity index is 1.58. The van der Waals surface area contributed by atoms with Gasteiger partial charge in [0.2, 0.25) is 5.91 Å². The highest BCUT2D eigenvalue weighted by Crippen LogP contribution is 2.01. The number of rotatable bonds is 6. The van der Waals surface area contributed by atoms with Crippen LogP contribution in [0.4, 0.5) is 0 Å². The molecular weight excluding hydrogens is 250 g/mol. The first-order valence-corrected chi connectivity index (χ1v) is 7.50. The summed E-state index contributed by atoms with van der Waals surface area (Å²) in [5.41, 5.74) is 1.33. The van der Waals surface area contributed by atoms with Crippen LogP contribution in [0.25, 0.3) is 0 Å². The van der Waals surface area contributed by atoms with E-state index in [-0.39, 0.29) is 5.91 Å². The Morgan fingerprint density at radius 3 is 2.95 bits per heavy atom. The third-order valence-electron chi connectivity index (χ3n) is 3.63. The molecule has 1 heterocycles. The molecule has 0 bridgehead atoms. The Kier molecular flexibility index (Phi) is 6.02. The van der Waals surface area contributed by atoms with Gasteiger partial charge in [0.15, 0.2) is 0 Å². The number of aryl methyl sites for hydroxylation is 1. The van der Waals surface area contributed by atoms with Crippen LogP contribution >= 0.6 is 0 Å². The summed E-state index contributed by atoms with van der Waals surface area (Å²) >= 11 is 0. The number of amides is 1. The lowest BCUT2D eigenvalue weighted by Crippen LogP contribution is -2.51. The lowest BCUT2D eigenvalue weighted by molar-refractivity contribution is -0.122. The van der Waals surface area contributed by atoms with Crippen LogP contribution in [0, 0.1) is 0 Å². The molecule has 1 saturated heterocycles. The van der Waals surface area contributed by atoms with E-state index < -0.39 is 0 Å². The molecule has 0 spiro atoms. The molecular formula is C16H25N3O. The molecule has 0 aromatic heterocycles. The molecule has 20 heavy (non-hydrogen) atoms. The molecule has 4 nitrogen and oxygen atoms in total. The zero-order chi connectivity index (χ0) is 14.2. The summed E-state index contributed by atoms with van der Waals surface area (Å²) < 4.78 is 0. The molecule has 0 unspecified atom stereocenters. The van der Waals surface area contributed by atoms with Gasteiger partial charge in [-0.3, -0.25) is 9.69 Å². The van der Waals surface area contributed by atoms with E-state index >= 15 is 0 Å². The molecule has 1 aliphatic rings. The van der Waals surface area contributed by atoms with E-state index in [4.69, 9.17) is 0 Å². The maximum absolute atomic E-state index is 11.9. The SMILES string of the molecule is C[C@H]1CN(CC(=O)NCCCc2ccccc2)CCN1. The summed E-state index contributed by atoms with van der Waals surface area (Å²) in [6.45, 7) is 6.33. The number of hydrogen-bond donors (Lipinski definition) is 2. The van der Waals surface area contributed by atoms with E-state index in [0.29, 0.717) is 12.6 Å². The van der Waals surface area contributed by atoms with Crippen molar-refractivity contribution in [1.82, 2.24) is 15.5 Å². The monoisotopic (exact) mass is 275 g/mol. The largest absolute Gasteiger partial charge is 0.355 e. The standard InChI is InChI=1S/C16H25N3O/c1-14-12-19(11-10-17-14)13-16(20)18-9-5-8-15-6-3-2-4-7-15/h2-4,6-7,14,17H,5,8-13H2,1H3,(H,18,20)/t14-/m0/s1. The fraction of sp³-hybridized carbons (Fsp3) is 0.562. The Hall–Kier alpha value is -1.39. The fourth-order valence-corrected chi connectivity index (χ4v) is 2.58. The number of nitrogens with zero attached hydrogens (tertiary/aromatic N) is 1. The third-order valence-corrected chi connectivity index (χ3v) is 3.63. The molecule has 1 atom stereocenters. The summed E-state index contributed by atoms with van der Waals surface area (Å²) in [5.74, 6) is 0.146. The van der Waals surface area contributed by atoms with E-state index in [1.54, 1.807) is 0 Å². The van der Waals surface area contributed by atoms with Crippen LogP contribution in [0.3, 0.4) is 0 Å². The quantitative estimate of drug-likeness (QED) is 0.762. The minimum Gasteiger partial charge on any atom is -0.355 e. The van der Waals surface area contributed by atoms with Crippen molar-refractivity contribution in [2.75, 3.05) is 32.7 Å². The molecule has 1 amide bonds. The van der Waals surface area contributed by atoms with E-state index in [0.717, 1.165) is 39.0 Å². The summed E-state index contributed by atoms with van der Waals surface area (Å²) in [6.07, 6.45) is 2.01. The van der Waals surface area contributed by atoms with Crippen LogP contribution in [0.2, 0.25) is 0 Å². The van der Waals surface area contributed by atoms with E-state index in [1.807, 2.05) is 6.07 Å². The number of nitrogens with one attached hydrogen (secondary N) is 2. The number of carbonyl (C=O) groups excluding carboxylic acids is 1. The van der Waals surface area contributed by atoms with Gasteiger partial charge in [-0.05, 0) is 25.3 Å². The zero-order valence-electron chi connectivity index (χ0n) is 12.3. The van der Waals surface area contributed by atoms with Crippen LogP contribution in [0.1, 0.15) is 18.9 Å². The number of hydrogen-bond acceptors (Lipinski definition) is 3. The first-order valence-electron chi connectivity index (χ1n) is 7.50. The first-order chi connectivity index (χ1) is 9.74. The van der Waals surface area contributed by atoms with Gasteiger partial charge in [-0.25, -0.2) is 0 Å². The average molecular weight is 275 g/mol. The summed E-state index contributed by atoms with van der Waals surface area (Å²) in [4.78, 5) is 14.1. The zero-order valence-corrected chi connectivity index (χ0v) is 12.3. The summed E-state index contributed by atoms with van der Waals surface area (Å²) in [5, 5.41) is 6.40. The predicted octanol–water partition coefficient (Wildman–Crippen LogP) is 1.03. The maximum atomic E-state index is 11.9. The molecule has 4 heteroatoms. The normalized spacial score (nSPS) is 19.8. The molecule has 2 N–H and O–H groups in total. The van der Waals surface area contributed by atoms with Gasteiger partial charge in [0.05, 0.1) is 6.54 Å². The van der Waals surface area contributed by atoms with Crippen LogP contribution in [-0.4, -0.2) is 49.6 Å². The average Bonchev–Trinajstić information content (AvgIpc) is 2.45. The van der Waals surface area contributed by atoms with Gasteiger partial charge in [-0.2, -0.15) is 0 Å². The van der Waals surface area contributed by atoms with Crippen molar-refractivity contribution in [2.45, 2.75) is 25.8 Å². The van der Waals surface area contributed by atoms with Crippen molar-refractivity contribution in [3.8, 4) is 0 Å². The highest BCUT2D eigenvalue weighted by Gasteiger charge is 2.17. The molecule has 110 valence electrons. The lowest BCUT2D eigenvalue weighted by atomic mass is 10.1. The van der Waals surface area contributed by atoms with Crippen LogP contribution in [0.15, 0.2) is 30.3 Å². The lowest BCUT2D eigenvalue weighted by Gasteiger charge is -2.31. The smallest absolute Gasteiger partial charge is 0.234 e. The van der Waals surface area contributed by atoms with Crippen LogP contribution in [-0.2, 0) is 11.2 Å². The predicted molar refractivity (Wildman–Crippen MR) is 81.7 cm³/mol. The van der Waals surface area contributed by atoms with Gasteiger partial charge in [0, 0.05) is 32.2 Å². The molecule has 1 aromatic rings. The van der Waals surface area contributed by atoms with E-state index in [9.17, 15) is 4.79 Å². The Morgan fingerprint density at radius 1 is 1.40 bits per heavy atom. The Bertz CT molecular complexity index is 407. The Labute approximate surface area is 121 Å². The van der Waals surface area contributed by atoms with Crippen molar-refractivity contribution in [2.24, 2.45) is 0 Å². The van der Waals surface area contributed by atoms with Crippen LogP contribution in [0.5, 0.6) is 0 Å². The second kappa shape index (κ2) is 8.02. The van der Waals surface area contributed by atoms with Crippen molar-refractivity contribution < 1.29 is 4.79 Å². The number of benzene rings is 1. The van der Waals surface area contributed by atoms with Crippen molar-refractivity contribution in [3.63, 3.8) is 0 Å². The van der Waals surface area contributed by atoms with Crippen LogP contribution < -0.4 is 10.6 Å². The van der Waals surface area contributed by atoms with Gasteiger partial charge in [0.1, 0.15) is 0 Å². The summed E-state index contributed by atoms with van der Waals surface area (Å²) in [6, 6.07) is 10.9. The minimum absolute atomic E-state index is 0.146. The highest BCUT2D eigenvalue weighted by atomic mass is 16.2. The highest BCUT2D eigenvalue weighted by molar-refractivity contribution is 5.77. The van der Waals surface area contributed by atoms with E-state index in [2.05, 4.69) is 46.7 Å². The van der Waals surface area contributed by atoms with Gasteiger partial charge in [-0.1, -0.05) is 30.3 Å². The number of piperazine rings is 1. The maximum Gasteiger partial charge on any atom is 0.234 e. The van der Waals surface area contributed by atoms with Gasteiger partial charge in [0.25, 0.3) is 0 Å². The first kappa shape index (κ1) is 15.0. The molecule has 0 aliphatic carbocycles. The van der Waals surface area contributed by atoms with Crippen molar-refractivity contribution >= 4 is 5.91 Å². The van der Waals surface area contributed by atoms with Crippen molar-refractivity contribution in [1.29, 1.82) is 0 Å². The topological polar surface area (TPSA) is 44.4 Å². The van der Waals surface area contributed by atoms with Gasteiger partial charge in [-0.15, -0.1) is 0 Å². The fourth-order valence-electron chi connectivity index (χ4n) is 2.58. The van der Waals surface area contributed by atoms with E-state index in [1.165, 1.54) is 5.56 Å². The molecule has 1 aromatic carbocycles. The minimum atomic E-state index is 0.146. The molecule has 1 fully saturated rings. The molecule has 2 rings (SSSR count). The number of carbonyl (C=O) groups is 1. The molecule has 0 radical (unpaired) electrons. The van der Waals surface area contributed by atoms with Gasteiger partial charge >= 0.3 is 0 Å². The van der Waals surface area contributed by atoms with Gasteiger partial charge < -0.3 is 10.6 Å². The van der Waals surface area contributed by atoms with Crippen molar-refractivity contribution in [3.05, 3.63) is 35.9 Å². The molecule has 1 aliphatic heterocycles. The second-order valence-electron chi connectivity index (χ2n) is 5.53. The Morgan fingerprint density at radius 2 is 2.20 bits per heavy atom.